The maximum Gasteiger partial charge on any atom is 0.329 e. The minimum absolute atomic E-state index is 0.0922. The standard InChI is InChI=1S/C12H22N2O4/c1-5-13-9(15)7-6-8-10(16)14(4)12(2,3)11(17)18/h5-8H2,1-4H3,(H,13,15)(H,17,18). The molecule has 2 amide bonds. The van der Waals surface area contributed by atoms with Gasteiger partial charge in [0.2, 0.25) is 11.8 Å². The monoisotopic (exact) mass is 258 g/mol. The predicted octanol–water partition coefficient (Wildman–Crippen LogP) is 0.614. The lowest BCUT2D eigenvalue weighted by Gasteiger charge is -2.31. The Balaban J connectivity index is 4.18. The SMILES string of the molecule is CCNC(=O)CCCC(=O)N(C)C(C)(C)C(=O)O. The van der Waals surface area contributed by atoms with Gasteiger partial charge in [0.05, 0.1) is 0 Å². The molecule has 0 spiro atoms. The van der Waals surface area contributed by atoms with Crippen molar-refractivity contribution in [2.24, 2.45) is 0 Å². The Morgan fingerprint density at radius 3 is 2.22 bits per heavy atom. The van der Waals surface area contributed by atoms with Crippen molar-refractivity contribution >= 4 is 17.8 Å². The number of carboxylic acid groups (broad SMARTS) is 1. The van der Waals surface area contributed by atoms with Crippen molar-refractivity contribution in [2.75, 3.05) is 13.6 Å². The van der Waals surface area contributed by atoms with E-state index in [1.165, 1.54) is 25.8 Å². The average Bonchev–Trinajstić information content (AvgIpc) is 2.27. The van der Waals surface area contributed by atoms with E-state index in [1.807, 2.05) is 6.92 Å². The van der Waals surface area contributed by atoms with Crippen LogP contribution in [0.25, 0.3) is 0 Å². The van der Waals surface area contributed by atoms with Crippen molar-refractivity contribution in [3.05, 3.63) is 0 Å². The normalized spacial score (nSPS) is 10.9. The number of rotatable bonds is 7. The Morgan fingerprint density at radius 1 is 1.22 bits per heavy atom. The van der Waals surface area contributed by atoms with Crippen molar-refractivity contribution < 1.29 is 19.5 Å². The molecule has 2 N–H and O–H groups in total. The number of carboxylic acids is 1. The summed E-state index contributed by atoms with van der Waals surface area (Å²) in [5.74, 6) is -1.42. The highest BCUT2D eigenvalue weighted by atomic mass is 16.4. The molecule has 18 heavy (non-hydrogen) atoms. The minimum Gasteiger partial charge on any atom is -0.480 e. The third-order valence-corrected chi connectivity index (χ3v) is 2.90. The molecule has 6 nitrogen and oxygen atoms in total. The quantitative estimate of drug-likeness (QED) is 0.700. The number of amides is 2. The fourth-order valence-corrected chi connectivity index (χ4v) is 1.31. The summed E-state index contributed by atoms with van der Waals surface area (Å²) in [4.78, 5) is 35.1. The molecule has 0 unspecified atom stereocenters. The van der Waals surface area contributed by atoms with E-state index in [2.05, 4.69) is 5.32 Å². The average molecular weight is 258 g/mol. The van der Waals surface area contributed by atoms with Crippen molar-refractivity contribution in [3.63, 3.8) is 0 Å². The minimum atomic E-state index is -1.23. The lowest BCUT2D eigenvalue weighted by molar-refractivity contribution is -0.155. The van der Waals surface area contributed by atoms with E-state index in [4.69, 9.17) is 5.11 Å². The highest BCUT2D eigenvalue weighted by Gasteiger charge is 2.34. The third kappa shape index (κ3) is 4.73. The fraction of sp³-hybridized carbons (Fsp3) is 0.750. The Morgan fingerprint density at radius 2 is 1.78 bits per heavy atom. The van der Waals surface area contributed by atoms with Crippen molar-refractivity contribution in [1.29, 1.82) is 0 Å². The summed E-state index contributed by atoms with van der Waals surface area (Å²) in [7, 11) is 1.46. The maximum absolute atomic E-state index is 11.8. The fourth-order valence-electron chi connectivity index (χ4n) is 1.31. The number of carbonyl (C=O) groups excluding carboxylic acids is 2. The van der Waals surface area contributed by atoms with Crippen LogP contribution in [0.3, 0.4) is 0 Å². The molecule has 0 bridgehead atoms. The van der Waals surface area contributed by atoms with Crippen LogP contribution in [0.15, 0.2) is 0 Å². The molecule has 0 aromatic carbocycles. The molecule has 0 heterocycles. The van der Waals surface area contributed by atoms with Gasteiger partial charge in [0.1, 0.15) is 5.54 Å². The smallest absolute Gasteiger partial charge is 0.329 e. The zero-order valence-electron chi connectivity index (χ0n) is 11.4. The van der Waals surface area contributed by atoms with Gasteiger partial charge in [0.25, 0.3) is 0 Å². The maximum atomic E-state index is 11.8. The Hall–Kier alpha value is -1.59. The molecule has 0 aromatic heterocycles. The first-order chi connectivity index (χ1) is 8.23. The van der Waals surface area contributed by atoms with Crippen LogP contribution in [-0.4, -0.2) is 46.9 Å². The predicted molar refractivity (Wildman–Crippen MR) is 67.0 cm³/mol. The van der Waals surface area contributed by atoms with Crippen molar-refractivity contribution in [2.45, 2.75) is 45.6 Å². The topological polar surface area (TPSA) is 86.7 Å². The number of nitrogens with zero attached hydrogens (tertiary/aromatic N) is 1. The van der Waals surface area contributed by atoms with Gasteiger partial charge >= 0.3 is 5.97 Å². The first kappa shape index (κ1) is 16.4. The van der Waals surface area contributed by atoms with E-state index >= 15 is 0 Å². The Bertz CT molecular complexity index is 326. The largest absolute Gasteiger partial charge is 0.480 e. The summed E-state index contributed by atoms with van der Waals surface area (Å²) >= 11 is 0. The van der Waals surface area contributed by atoms with Gasteiger partial charge in [-0.25, -0.2) is 4.79 Å². The van der Waals surface area contributed by atoms with E-state index in [-0.39, 0.29) is 24.7 Å². The van der Waals surface area contributed by atoms with Gasteiger partial charge in [-0.05, 0) is 27.2 Å². The highest BCUT2D eigenvalue weighted by Crippen LogP contribution is 2.14. The molecule has 0 fully saturated rings. The zero-order chi connectivity index (χ0) is 14.3. The van der Waals surface area contributed by atoms with Crippen LogP contribution in [0, 0.1) is 0 Å². The molecule has 104 valence electrons. The summed E-state index contributed by atoms with van der Waals surface area (Å²) in [6, 6.07) is 0. The molecule has 0 saturated heterocycles. The summed E-state index contributed by atoms with van der Waals surface area (Å²) in [6.45, 7) is 5.33. The van der Waals surface area contributed by atoms with E-state index in [0.29, 0.717) is 13.0 Å². The molecule has 0 saturated carbocycles. The van der Waals surface area contributed by atoms with Gasteiger partial charge in [-0.15, -0.1) is 0 Å². The summed E-state index contributed by atoms with van der Waals surface area (Å²) in [5.41, 5.74) is -1.23. The van der Waals surface area contributed by atoms with Crippen LogP contribution in [0.4, 0.5) is 0 Å². The highest BCUT2D eigenvalue weighted by molar-refractivity contribution is 5.86. The van der Waals surface area contributed by atoms with Crippen LogP contribution in [0.2, 0.25) is 0 Å². The molecule has 0 aromatic rings. The second-order valence-electron chi connectivity index (χ2n) is 4.62. The molecule has 0 aliphatic carbocycles. The molecular formula is C12H22N2O4. The lowest BCUT2D eigenvalue weighted by atomic mass is 10.0. The molecule has 0 rings (SSSR count). The molecule has 6 heteroatoms. The van der Waals surface area contributed by atoms with Crippen molar-refractivity contribution in [1.82, 2.24) is 10.2 Å². The van der Waals surface area contributed by atoms with E-state index in [0.717, 1.165) is 0 Å². The van der Waals surface area contributed by atoms with Gasteiger partial charge in [-0.1, -0.05) is 0 Å². The molecular weight excluding hydrogens is 236 g/mol. The van der Waals surface area contributed by atoms with Crippen molar-refractivity contribution in [3.8, 4) is 0 Å². The number of nitrogens with one attached hydrogen (secondary N) is 1. The number of aliphatic carboxylic acids is 1. The molecule has 0 radical (unpaired) electrons. The Kier molecular flexibility index (Phi) is 6.36. The van der Waals surface area contributed by atoms with Crippen LogP contribution in [-0.2, 0) is 14.4 Å². The summed E-state index contributed by atoms with van der Waals surface area (Å²) in [5, 5.41) is 11.6. The van der Waals surface area contributed by atoms with Crippen LogP contribution >= 0.6 is 0 Å². The van der Waals surface area contributed by atoms with Gasteiger partial charge < -0.3 is 15.3 Å². The van der Waals surface area contributed by atoms with E-state index in [1.54, 1.807) is 0 Å². The zero-order valence-corrected chi connectivity index (χ0v) is 11.4. The first-order valence-electron chi connectivity index (χ1n) is 6.00. The summed E-state index contributed by atoms with van der Waals surface area (Å²) in [6.07, 6.45) is 0.871. The first-order valence-corrected chi connectivity index (χ1v) is 6.00. The van der Waals surface area contributed by atoms with Gasteiger partial charge in [0.15, 0.2) is 0 Å². The van der Waals surface area contributed by atoms with E-state index in [9.17, 15) is 14.4 Å². The second-order valence-corrected chi connectivity index (χ2v) is 4.62. The van der Waals surface area contributed by atoms with Crippen LogP contribution < -0.4 is 5.32 Å². The molecule has 0 atom stereocenters. The second kappa shape index (κ2) is 6.98. The number of hydrogen-bond acceptors (Lipinski definition) is 3. The van der Waals surface area contributed by atoms with Gasteiger partial charge in [-0.3, -0.25) is 9.59 Å². The van der Waals surface area contributed by atoms with Crippen LogP contribution in [0.1, 0.15) is 40.0 Å². The van der Waals surface area contributed by atoms with Crippen LogP contribution in [0.5, 0.6) is 0 Å². The number of likely N-dealkylation sites (N-methyl/N-ethyl adjacent to an activating group) is 1. The summed E-state index contributed by atoms with van der Waals surface area (Å²) < 4.78 is 0. The molecule has 0 aliphatic rings. The lowest BCUT2D eigenvalue weighted by Crippen LogP contribution is -2.50. The molecule has 0 aliphatic heterocycles. The van der Waals surface area contributed by atoms with Gasteiger partial charge in [-0.2, -0.15) is 0 Å². The van der Waals surface area contributed by atoms with Gasteiger partial charge in [0, 0.05) is 26.4 Å². The number of hydrogen-bond donors (Lipinski definition) is 2. The van der Waals surface area contributed by atoms with E-state index < -0.39 is 11.5 Å². The Labute approximate surface area is 107 Å². The number of carbonyl (C=O) groups is 3. The third-order valence-electron chi connectivity index (χ3n) is 2.90.